The number of anilines is 1. The van der Waals surface area contributed by atoms with E-state index in [0.717, 1.165) is 16.7 Å². The molecule has 0 saturated heterocycles. The van der Waals surface area contributed by atoms with Crippen LogP contribution in [0.4, 0.5) is 5.69 Å². The van der Waals surface area contributed by atoms with Crippen LogP contribution < -0.4 is 15.6 Å². The SMILES string of the molecule is CCOc1ccc(NC(=O)CSc2nc3c(oc4ccccc43)c(=O)n2Cc2ccccc2)cc1. The van der Waals surface area contributed by atoms with E-state index in [2.05, 4.69) is 5.32 Å². The summed E-state index contributed by atoms with van der Waals surface area (Å²) in [6, 6.07) is 24.3. The molecule has 0 saturated carbocycles. The van der Waals surface area contributed by atoms with Gasteiger partial charge in [0.25, 0.3) is 5.56 Å². The smallest absolute Gasteiger partial charge is 0.298 e. The van der Waals surface area contributed by atoms with Crippen LogP contribution in [0.5, 0.6) is 5.75 Å². The number of furan rings is 1. The average Bonchev–Trinajstić information content (AvgIpc) is 3.25. The molecule has 2 aromatic heterocycles. The number of benzene rings is 3. The predicted molar refractivity (Wildman–Crippen MR) is 138 cm³/mol. The number of hydrogen-bond donors (Lipinski definition) is 1. The van der Waals surface area contributed by atoms with E-state index in [1.807, 2.05) is 73.7 Å². The molecule has 3 aromatic carbocycles. The molecule has 0 unspecified atom stereocenters. The van der Waals surface area contributed by atoms with Crippen LogP contribution in [0.15, 0.2) is 93.2 Å². The van der Waals surface area contributed by atoms with Crippen LogP contribution in [-0.2, 0) is 11.3 Å². The molecule has 0 aliphatic heterocycles. The number of hydrogen-bond acceptors (Lipinski definition) is 6. The summed E-state index contributed by atoms with van der Waals surface area (Å²) < 4.78 is 12.9. The minimum Gasteiger partial charge on any atom is -0.494 e. The molecule has 1 amide bonds. The molecule has 0 fully saturated rings. The van der Waals surface area contributed by atoms with Crippen LogP contribution in [0.2, 0.25) is 0 Å². The standard InChI is InChI=1S/C27H23N3O4S/c1-2-33-20-14-12-19(13-15-20)28-23(31)17-35-27-29-24-21-10-6-7-11-22(21)34-25(24)26(32)30(27)16-18-8-4-3-5-9-18/h3-15H,2,16-17H2,1H3,(H,28,31). The highest BCUT2D eigenvalue weighted by Gasteiger charge is 2.19. The number of rotatable bonds is 8. The zero-order valence-corrected chi connectivity index (χ0v) is 19.9. The molecule has 0 aliphatic carbocycles. The van der Waals surface area contributed by atoms with Crippen molar-refractivity contribution in [3.8, 4) is 5.75 Å². The first-order valence-electron chi connectivity index (χ1n) is 11.2. The Morgan fingerprint density at radius 3 is 2.54 bits per heavy atom. The van der Waals surface area contributed by atoms with Gasteiger partial charge in [-0.05, 0) is 48.9 Å². The van der Waals surface area contributed by atoms with Gasteiger partial charge in [-0.1, -0.05) is 54.2 Å². The maximum Gasteiger partial charge on any atom is 0.298 e. The number of nitrogens with zero attached hydrogens (tertiary/aromatic N) is 2. The third-order valence-corrected chi connectivity index (χ3v) is 6.39. The average molecular weight is 486 g/mol. The van der Waals surface area contributed by atoms with Gasteiger partial charge in [0.2, 0.25) is 11.5 Å². The molecule has 0 radical (unpaired) electrons. The summed E-state index contributed by atoms with van der Waals surface area (Å²) >= 11 is 1.22. The molecule has 5 aromatic rings. The van der Waals surface area contributed by atoms with E-state index in [-0.39, 0.29) is 22.8 Å². The molecule has 0 spiro atoms. The first-order valence-corrected chi connectivity index (χ1v) is 12.2. The molecule has 5 rings (SSSR count). The molecule has 0 atom stereocenters. The van der Waals surface area contributed by atoms with Crippen LogP contribution in [0.25, 0.3) is 22.1 Å². The maximum atomic E-state index is 13.4. The lowest BCUT2D eigenvalue weighted by atomic mass is 10.2. The Hall–Kier alpha value is -4.04. The normalized spacial score (nSPS) is 11.1. The van der Waals surface area contributed by atoms with Crippen molar-refractivity contribution in [3.05, 3.63) is 94.8 Å². The highest BCUT2D eigenvalue weighted by Crippen LogP contribution is 2.27. The lowest BCUT2D eigenvalue weighted by Gasteiger charge is -2.12. The van der Waals surface area contributed by atoms with E-state index in [1.165, 1.54) is 11.8 Å². The van der Waals surface area contributed by atoms with E-state index < -0.39 is 0 Å². The molecule has 8 heteroatoms. The van der Waals surface area contributed by atoms with Crippen molar-refractivity contribution < 1.29 is 13.9 Å². The van der Waals surface area contributed by atoms with Gasteiger partial charge in [-0.2, -0.15) is 0 Å². The lowest BCUT2D eigenvalue weighted by Crippen LogP contribution is -2.24. The Bertz CT molecular complexity index is 1540. The molecule has 35 heavy (non-hydrogen) atoms. The monoisotopic (exact) mass is 485 g/mol. The summed E-state index contributed by atoms with van der Waals surface area (Å²) in [5, 5.41) is 4.11. The topological polar surface area (TPSA) is 86.4 Å². The van der Waals surface area contributed by atoms with E-state index in [0.29, 0.717) is 35.1 Å². The van der Waals surface area contributed by atoms with Crippen LogP contribution in [0, 0.1) is 0 Å². The second-order valence-electron chi connectivity index (χ2n) is 7.84. The van der Waals surface area contributed by atoms with Crippen LogP contribution >= 0.6 is 11.8 Å². The fourth-order valence-electron chi connectivity index (χ4n) is 3.80. The number of aromatic nitrogens is 2. The summed E-state index contributed by atoms with van der Waals surface area (Å²) in [5.41, 5.74) is 2.67. The summed E-state index contributed by atoms with van der Waals surface area (Å²) in [6.45, 7) is 2.82. The zero-order chi connectivity index (χ0) is 24.2. The molecule has 2 heterocycles. The fraction of sp³-hybridized carbons (Fsp3) is 0.148. The molecular weight excluding hydrogens is 462 g/mol. The van der Waals surface area contributed by atoms with Crippen LogP contribution in [0.1, 0.15) is 12.5 Å². The van der Waals surface area contributed by atoms with Crippen LogP contribution in [-0.4, -0.2) is 27.8 Å². The van der Waals surface area contributed by atoms with E-state index in [4.69, 9.17) is 14.1 Å². The lowest BCUT2D eigenvalue weighted by molar-refractivity contribution is -0.113. The predicted octanol–water partition coefficient (Wildman–Crippen LogP) is 5.32. The van der Waals surface area contributed by atoms with Gasteiger partial charge in [0.1, 0.15) is 16.8 Å². The third-order valence-electron chi connectivity index (χ3n) is 5.41. The first-order chi connectivity index (χ1) is 17.1. The Morgan fingerprint density at radius 1 is 1.03 bits per heavy atom. The Labute approximate surface area is 205 Å². The molecule has 0 aliphatic rings. The number of ether oxygens (including phenoxy) is 1. The van der Waals surface area contributed by atoms with E-state index >= 15 is 0 Å². The van der Waals surface area contributed by atoms with Gasteiger partial charge in [-0.25, -0.2) is 4.98 Å². The van der Waals surface area contributed by atoms with Gasteiger partial charge >= 0.3 is 0 Å². The number of carbonyl (C=O) groups excluding carboxylic acids is 1. The number of thioether (sulfide) groups is 1. The number of carbonyl (C=O) groups is 1. The molecule has 1 N–H and O–H groups in total. The van der Waals surface area contributed by atoms with Gasteiger partial charge in [-0.15, -0.1) is 0 Å². The second kappa shape index (κ2) is 10.1. The summed E-state index contributed by atoms with van der Waals surface area (Å²) in [6.07, 6.45) is 0. The molecule has 176 valence electrons. The fourth-order valence-corrected chi connectivity index (χ4v) is 4.59. The quantitative estimate of drug-likeness (QED) is 0.236. The Morgan fingerprint density at radius 2 is 1.77 bits per heavy atom. The number of fused-ring (bicyclic) bond motifs is 3. The summed E-state index contributed by atoms with van der Waals surface area (Å²) in [7, 11) is 0. The largest absolute Gasteiger partial charge is 0.494 e. The Balaban J connectivity index is 1.44. The van der Waals surface area contributed by atoms with E-state index in [1.54, 1.807) is 16.7 Å². The van der Waals surface area contributed by atoms with Crippen molar-refractivity contribution in [1.82, 2.24) is 9.55 Å². The van der Waals surface area contributed by atoms with Crippen molar-refractivity contribution >= 4 is 45.4 Å². The van der Waals surface area contributed by atoms with Gasteiger partial charge in [-0.3, -0.25) is 14.2 Å². The van der Waals surface area contributed by atoms with Crippen molar-refractivity contribution in [1.29, 1.82) is 0 Å². The first kappa shape index (κ1) is 22.7. The molecule has 0 bridgehead atoms. The van der Waals surface area contributed by atoms with Crippen LogP contribution in [0.3, 0.4) is 0 Å². The zero-order valence-electron chi connectivity index (χ0n) is 19.1. The minimum absolute atomic E-state index is 0.0930. The second-order valence-corrected chi connectivity index (χ2v) is 8.78. The van der Waals surface area contributed by atoms with Crippen molar-refractivity contribution in [2.24, 2.45) is 0 Å². The van der Waals surface area contributed by atoms with Crippen molar-refractivity contribution in [2.75, 3.05) is 17.7 Å². The van der Waals surface area contributed by atoms with Gasteiger partial charge < -0.3 is 14.5 Å². The third kappa shape index (κ3) is 4.93. The molecular formula is C27H23N3O4S. The number of para-hydroxylation sites is 1. The van der Waals surface area contributed by atoms with Crippen molar-refractivity contribution in [3.63, 3.8) is 0 Å². The number of nitrogens with one attached hydrogen (secondary N) is 1. The van der Waals surface area contributed by atoms with E-state index in [9.17, 15) is 9.59 Å². The van der Waals surface area contributed by atoms with Crippen molar-refractivity contribution in [2.45, 2.75) is 18.6 Å². The van der Waals surface area contributed by atoms with Gasteiger partial charge in [0.15, 0.2) is 5.16 Å². The number of amides is 1. The summed E-state index contributed by atoms with van der Waals surface area (Å²) in [5.74, 6) is 0.641. The Kier molecular flexibility index (Phi) is 6.54. The molecule has 7 nitrogen and oxygen atoms in total. The highest BCUT2D eigenvalue weighted by molar-refractivity contribution is 7.99. The highest BCUT2D eigenvalue weighted by atomic mass is 32.2. The minimum atomic E-state index is -0.274. The van der Waals surface area contributed by atoms with Gasteiger partial charge in [0, 0.05) is 11.1 Å². The van der Waals surface area contributed by atoms with Gasteiger partial charge in [0.05, 0.1) is 18.9 Å². The maximum absolute atomic E-state index is 13.4. The summed E-state index contributed by atoms with van der Waals surface area (Å²) in [4.78, 5) is 30.9.